The molecule has 1 amide bonds. The highest BCUT2D eigenvalue weighted by molar-refractivity contribution is 6.04. The van der Waals surface area contributed by atoms with E-state index in [1.165, 1.54) is 0 Å². The van der Waals surface area contributed by atoms with E-state index < -0.39 is 23.4 Å². The molecule has 1 rings (SSSR count). The number of carbonyl (C=O) groups excluding carboxylic acids is 3. The molecule has 0 radical (unpaired) electrons. The van der Waals surface area contributed by atoms with E-state index in [1.807, 2.05) is 6.92 Å². The van der Waals surface area contributed by atoms with Crippen molar-refractivity contribution in [2.45, 2.75) is 33.1 Å². The highest BCUT2D eigenvalue weighted by Crippen LogP contribution is 2.55. The molecule has 0 bridgehead atoms. The predicted molar refractivity (Wildman–Crippen MR) is 82.6 cm³/mol. The number of ether oxygens (including phenoxy) is 3. The number of esters is 2. The zero-order chi connectivity index (χ0) is 17.3. The number of rotatable bonds is 10. The molecular formula is C16H25NO6. The van der Waals surface area contributed by atoms with Gasteiger partial charge in [-0.3, -0.25) is 9.59 Å². The van der Waals surface area contributed by atoms with E-state index in [4.69, 9.17) is 14.2 Å². The van der Waals surface area contributed by atoms with Gasteiger partial charge in [-0.2, -0.15) is 0 Å². The second-order valence-electron chi connectivity index (χ2n) is 5.31. The van der Waals surface area contributed by atoms with Gasteiger partial charge in [-0.15, -0.1) is 6.58 Å². The third-order valence-corrected chi connectivity index (χ3v) is 3.63. The number of unbranched alkanes of at least 4 members (excludes halogenated alkanes) is 1. The van der Waals surface area contributed by atoms with Crippen molar-refractivity contribution in [3.8, 4) is 0 Å². The summed E-state index contributed by atoms with van der Waals surface area (Å²) in [5.41, 5.74) is -1.28. The van der Waals surface area contributed by atoms with Gasteiger partial charge in [0.25, 0.3) is 0 Å². The average molecular weight is 327 g/mol. The molecule has 0 heterocycles. The Morgan fingerprint density at radius 2 is 1.74 bits per heavy atom. The smallest absolute Gasteiger partial charge is 0.407 e. The zero-order valence-electron chi connectivity index (χ0n) is 13.8. The fourth-order valence-electron chi connectivity index (χ4n) is 2.16. The zero-order valence-corrected chi connectivity index (χ0v) is 13.8. The summed E-state index contributed by atoms with van der Waals surface area (Å²) < 4.78 is 15.0. The Labute approximate surface area is 136 Å². The summed E-state index contributed by atoms with van der Waals surface area (Å²) in [7, 11) is 0. The molecule has 23 heavy (non-hydrogen) atoms. The molecule has 2 unspecified atom stereocenters. The molecule has 1 fully saturated rings. The van der Waals surface area contributed by atoms with Gasteiger partial charge in [0.2, 0.25) is 0 Å². The van der Waals surface area contributed by atoms with Crippen LogP contribution in [0.4, 0.5) is 4.79 Å². The van der Waals surface area contributed by atoms with Crippen LogP contribution in [0.15, 0.2) is 12.7 Å². The number of hydrogen-bond donors (Lipinski definition) is 1. The van der Waals surface area contributed by atoms with Gasteiger partial charge < -0.3 is 19.5 Å². The van der Waals surface area contributed by atoms with Crippen LogP contribution in [-0.4, -0.2) is 44.4 Å². The van der Waals surface area contributed by atoms with Crippen LogP contribution in [0.2, 0.25) is 0 Å². The summed E-state index contributed by atoms with van der Waals surface area (Å²) in [6.45, 7) is 7.93. The van der Waals surface area contributed by atoms with Crippen molar-refractivity contribution in [2.75, 3.05) is 26.4 Å². The van der Waals surface area contributed by atoms with Crippen molar-refractivity contribution < 1.29 is 28.6 Å². The van der Waals surface area contributed by atoms with Gasteiger partial charge in [-0.05, 0) is 19.8 Å². The lowest BCUT2D eigenvalue weighted by Gasteiger charge is -2.15. The van der Waals surface area contributed by atoms with Crippen molar-refractivity contribution in [3.05, 3.63) is 12.7 Å². The first kappa shape index (κ1) is 19.0. The Morgan fingerprint density at radius 3 is 2.26 bits per heavy atom. The fourth-order valence-corrected chi connectivity index (χ4v) is 2.16. The third-order valence-electron chi connectivity index (χ3n) is 3.63. The quantitative estimate of drug-likeness (QED) is 0.216. The molecule has 0 spiro atoms. The van der Waals surface area contributed by atoms with Crippen LogP contribution in [0.5, 0.6) is 0 Å². The summed E-state index contributed by atoms with van der Waals surface area (Å²) >= 11 is 0. The Hall–Kier alpha value is -2.05. The minimum atomic E-state index is -1.28. The molecule has 1 saturated carbocycles. The highest BCUT2D eigenvalue weighted by atomic mass is 16.6. The summed E-state index contributed by atoms with van der Waals surface area (Å²) in [6, 6.07) is 0. The Kier molecular flexibility index (Phi) is 7.57. The monoisotopic (exact) mass is 327 g/mol. The molecular weight excluding hydrogens is 302 g/mol. The van der Waals surface area contributed by atoms with Gasteiger partial charge in [0.1, 0.15) is 13.2 Å². The fraction of sp³-hybridized carbons (Fsp3) is 0.688. The maximum atomic E-state index is 12.2. The van der Waals surface area contributed by atoms with E-state index >= 15 is 0 Å². The van der Waals surface area contributed by atoms with Crippen LogP contribution in [0, 0.1) is 11.3 Å². The molecule has 2 atom stereocenters. The molecule has 0 aromatic heterocycles. The summed E-state index contributed by atoms with van der Waals surface area (Å²) in [6.07, 6.45) is 2.97. The molecule has 7 heteroatoms. The first-order valence-electron chi connectivity index (χ1n) is 7.90. The van der Waals surface area contributed by atoms with Crippen LogP contribution in [0.25, 0.3) is 0 Å². The Morgan fingerprint density at radius 1 is 1.13 bits per heavy atom. The number of carbonyl (C=O) groups is 3. The second-order valence-corrected chi connectivity index (χ2v) is 5.31. The molecule has 1 N–H and O–H groups in total. The van der Waals surface area contributed by atoms with Crippen molar-refractivity contribution in [1.82, 2.24) is 5.32 Å². The van der Waals surface area contributed by atoms with E-state index in [9.17, 15) is 14.4 Å². The summed E-state index contributed by atoms with van der Waals surface area (Å²) in [5.74, 6) is -1.48. The molecule has 130 valence electrons. The molecule has 0 aromatic carbocycles. The Balaban J connectivity index is 2.44. The van der Waals surface area contributed by atoms with E-state index in [0.717, 1.165) is 12.8 Å². The first-order chi connectivity index (χ1) is 11.0. The predicted octanol–water partition coefficient (Wildman–Crippen LogP) is 1.81. The maximum Gasteiger partial charge on any atom is 0.407 e. The molecule has 1 aliphatic rings. The lowest BCUT2D eigenvalue weighted by atomic mass is 10.0. The first-order valence-corrected chi connectivity index (χ1v) is 7.90. The van der Waals surface area contributed by atoms with Crippen LogP contribution < -0.4 is 5.32 Å². The van der Waals surface area contributed by atoms with Gasteiger partial charge in [0, 0.05) is 12.5 Å². The van der Waals surface area contributed by atoms with Crippen LogP contribution in [0.1, 0.15) is 33.1 Å². The Bertz CT molecular complexity index is 450. The van der Waals surface area contributed by atoms with Crippen molar-refractivity contribution in [2.24, 2.45) is 11.3 Å². The normalized spacial score (nSPS) is 21.9. The van der Waals surface area contributed by atoms with Gasteiger partial charge in [-0.25, -0.2) is 4.79 Å². The lowest BCUT2D eigenvalue weighted by molar-refractivity contribution is -0.166. The van der Waals surface area contributed by atoms with E-state index in [2.05, 4.69) is 11.9 Å². The molecule has 7 nitrogen and oxygen atoms in total. The number of alkyl carbamates (subject to hydrolysis) is 1. The van der Waals surface area contributed by atoms with Gasteiger partial charge in [0.05, 0.1) is 6.61 Å². The number of nitrogens with one attached hydrogen (secondary N) is 1. The van der Waals surface area contributed by atoms with Gasteiger partial charge in [-0.1, -0.05) is 19.4 Å². The van der Waals surface area contributed by atoms with Crippen LogP contribution >= 0.6 is 0 Å². The summed E-state index contributed by atoms with van der Waals surface area (Å²) in [5, 5.41) is 2.45. The van der Waals surface area contributed by atoms with Crippen LogP contribution in [0.3, 0.4) is 0 Å². The van der Waals surface area contributed by atoms with E-state index in [1.54, 1.807) is 13.0 Å². The average Bonchev–Trinajstić information content (AvgIpc) is 3.28. The number of allylic oxidation sites excluding steroid dienone is 1. The topological polar surface area (TPSA) is 90.9 Å². The molecule has 0 aliphatic heterocycles. The SMILES string of the molecule is C=CC1CC1(C(=O)OCCCC)C(=O)OCCOC(=O)NCC. The maximum absolute atomic E-state index is 12.2. The van der Waals surface area contributed by atoms with Crippen molar-refractivity contribution in [3.63, 3.8) is 0 Å². The standard InChI is InChI=1S/C16H25NO6/c1-4-7-8-21-13(18)16(11-12(16)5-2)14(19)22-9-10-23-15(20)17-6-3/h5,12H,2,4,6-11H2,1,3H3,(H,17,20). The minimum Gasteiger partial charge on any atom is -0.465 e. The summed E-state index contributed by atoms with van der Waals surface area (Å²) in [4.78, 5) is 35.5. The van der Waals surface area contributed by atoms with E-state index in [-0.39, 0.29) is 25.7 Å². The minimum absolute atomic E-state index is 0.0721. The van der Waals surface area contributed by atoms with Crippen molar-refractivity contribution in [1.29, 1.82) is 0 Å². The largest absolute Gasteiger partial charge is 0.465 e. The van der Waals surface area contributed by atoms with Crippen LogP contribution in [-0.2, 0) is 23.8 Å². The number of amides is 1. The van der Waals surface area contributed by atoms with Gasteiger partial charge >= 0.3 is 18.0 Å². The van der Waals surface area contributed by atoms with Crippen molar-refractivity contribution >= 4 is 18.0 Å². The highest BCUT2D eigenvalue weighted by Gasteiger charge is 2.67. The second kappa shape index (κ2) is 9.17. The molecule has 0 saturated heterocycles. The number of hydrogen-bond acceptors (Lipinski definition) is 6. The van der Waals surface area contributed by atoms with Gasteiger partial charge in [0.15, 0.2) is 5.41 Å². The molecule has 0 aromatic rings. The third kappa shape index (κ3) is 4.97. The van der Waals surface area contributed by atoms with E-state index in [0.29, 0.717) is 13.0 Å². The molecule has 1 aliphatic carbocycles. The lowest BCUT2D eigenvalue weighted by Crippen LogP contribution is -2.33.